The number of nitrogens with zero attached hydrogens (tertiary/aromatic N) is 2. The summed E-state index contributed by atoms with van der Waals surface area (Å²) in [5.74, 6) is -1.84. The second-order valence-electron chi connectivity index (χ2n) is 7.96. The SMILES string of the molecule is CNC[C@@H]1CCCCN1Cc1cccc2c1C(=O)N(C1CCC(=O)NC1=O)C2=O. The van der Waals surface area contributed by atoms with E-state index in [9.17, 15) is 19.2 Å². The Morgan fingerprint density at radius 2 is 1.93 bits per heavy atom. The maximum atomic E-state index is 13.2. The molecule has 2 fully saturated rings. The van der Waals surface area contributed by atoms with E-state index in [0.29, 0.717) is 23.7 Å². The lowest BCUT2D eigenvalue weighted by Crippen LogP contribution is -2.54. The summed E-state index contributed by atoms with van der Waals surface area (Å²) in [5, 5.41) is 5.47. The van der Waals surface area contributed by atoms with Crippen LogP contribution >= 0.6 is 0 Å². The van der Waals surface area contributed by atoms with Crippen LogP contribution in [-0.2, 0) is 16.1 Å². The first kappa shape index (κ1) is 19.7. The number of imide groups is 2. The van der Waals surface area contributed by atoms with Gasteiger partial charge in [-0.2, -0.15) is 0 Å². The second-order valence-corrected chi connectivity index (χ2v) is 7.96. The van der Waals surface area contributed by atoms with E-state index < -0.39 is 23.8 Å². The molecule has 2 saturated heterocycles. The van der Waals surface area contributed by atoms with Crippen molar-refractivity contribution in [2.45, 2.75) is 50.7 Å². The molecule has 0 bridgehead atoms. The first-order valence-corrected chi connectivity index (χ1v) is 10.2. The fourth-order valence-electron chi connectivity index (χ4n) is 4.67. The molecule has 2 atom stereocenters. The molecule has 8 nitrogen and oxygen atoms in total. The van der Waals surface area contributed by atoms with Crippen LogP contribution in [0, 0.1) is 0 Å². The van der Waals surface area contributed by atoms with Gasteiger partial charge in [0.1, 0.15) is 6.04 Å². The fraction of sp³-hybridized carbons (Fsp3) is 0.524. The molecule has 8 heteroatoms. The number of benzene rings is 1. The highest BCUT2D eigenvalue weighted by atomic mass is 16.2. The number of fused-ring (bicyclic) bond motifs is 1. The average Bonchev–Trinajstić information content (AvgIpc) is 2.95. The van der Waals surface area contributed by atoms with E-state index in [4.69, 9.17) is 0 Å². The number of piperidine rings is 2. The molecule has 0 radical (unpaired) electrons. The predicted molar refractivity (Wildman–Crippen MR) is 105 cm³/mol. The van der Waals surface area contributed by atoms with Gasteiger partial charge in [-0.05, 0) is 44.5 Å². The summed E-state index contributed by atoms with van der Waals surface area (Å²) in [6.07, 6.45) is 3.70. The van der Waals surface area contributed by atoms with Crippen LogP contribution in [0.5, 0.6) is 0 Å². The van der Waals surface area contributed by atoms with Crippen molar-refractivity contribution in [2.24, 2.45) is 0 Å². The van der Waals surface area contributed by atoms with Crippen molar-refractivity contribution >= 4 is 23.6 Å². The van der Waals surface area contributed by atoms with Gasteiger partial charge in [0.15, 0.2) is 0 Å². The maximum Gasteiger partial charge on any atom is 0.262 e. The third-order valence-electron chi connectivity index (χ3n) is 6.12. The molecule has 3 aliphatic heterocycles. The number of nitrogens with one attached hydrogen (secondary N) is 2. The quantitative estimate of drug-likeness (QED) is 0.707. The minimum atomic E-state index is -0.931. The van der Waals surface area contributed by atoms with Gasteiger partial charge in [-0.3, -0.25) is 34.3 Å². The lowest BCUT2D eigenvalue weighted by molar-refractivity contribution is -0.136. The molecule has 1 aromatic rings. The van der Waals surface area contributed by atoms with Crippen LogP contribution in [0.4, 0.5) is 0 Å². The normalized spacial score (nSPS) is 25.3. The minimum absolute atomic E-state index is 0.121. The zero-order valence-electron chi connectivity index (χ0n) is 16.6. The van der Waals surface area contributed by atoms with Crippen LogP contribution < -0.4 is 10.6 Å². The van der Waals surface area contributed by atoms with Gasteiger partial charge in [0.25, 0.3) is 11.8 Å². The number of hydrogen-bond donors (Lipinski definition) is 2. The number of likely N-dealkylation sites (tertiary alicyclic amines) is 1. The summed E-state index contributed by atoms with van der Waals surface area (Å²) in [6, 6.07) is 4.79. The van der Waals surface area contributed by atoms with Gasteiger partial charge in [-0.1, -0.05) is 18.6 Å². The number of rotatable bonds is 5. The van der Waals surface area contributed by atoms with Crippen molar-refractivity contribution in [3.05, 3.63) is 34.9 Å². The van der Waals surface area contributed by atoms with Crippen molar-refractivity contribution in [3.8, 4) is 0 Å². The number of likely N-dealkylation sites (N-methyl/N-ethyl adjacent to an activating group) is 1. The monoisotopic (exact) mass is 398 g/mol. The van der Waals surface area contributed by atoms with Gasteiger partial charge >= 0.3 is 0 Å². The topological polar surface area (TPSA) is 98.8 Å². The van der Waals surface area contributed by atoms with Crippen molar-refractivity contribution in [2.75, 3.05) is 20.1 Å². The summed E-state index contributed by atoms with van der Waals surface area (Å²) in [5.41, 5.74) is 1.56. The third kappa shape index (κ3) is 3.58. The summed E-state index contributed by atoms with van der Waals surface area (Å²) in [4.78, 5) is 53.3. The number of amides is 4. The molecule has 0 saturated carbocycles. The Balaban J connectivity index is 1.61. The highest BCUT2D eigenvalue weighted by Gasteiger charge is 2.45. The van der Waals surface area contributed by atoms with Crippen LogP contribution in [0.2, 0.25) is 0 Å². The van der Waals surface area contributed by atoms with Crippen LogP contribution in [0.1, 0.15) is 58.4 Å². The number of carbonyl (C=O) groups is 4. The third-order valence-corrected chi connectivity index (χ3v) is 6.12. The van der Waals surface area contributed by atoms with Crippen LogP contribution in [0.25, 0.3) is 0 Å². The van der Waals surface area contributed by atoms with Crippen molar-refractivity contribution in [1.29, 1.82) is 0 Å². The van der Waals surface area contributed by atoms with Crippen molar-refractivity contribution in [3.63, 3.8) is 0 Å². The molecular formula is C21H26N4O4. The Morgan fingerprint density at radius 3 is 2.69 bits per heavy atom. The van der Waals surface area contributed by atoms with Crippen LogP contribution in [0.15, 0.2) is 18.2 Å². The van der Waals surface area contributed by atoms with Gasteiger partial charge < -0.3 is 5.32 Å². The first-order valence-electron chi connectivity index (χ1n) is 10.2. The summed E-state index contributed by atoms with van der Waals surface area (Å²) >= 11 is 0. The first-order chi connectivity index (χ1) is 14.0. The number of carbonyl (C=O) groups excluding carboxylic acids is 4. The zero-order chi connectivity index (χ0) is 20.5. The van der Waals surface area contributed by atoms with E-state index in [0.717, 1.165) is 36.4 Å². The molecule has 1 unspecified atom stereocenters. The Bertz CT molecular complexity index is 866. The zero-order valence-corrected chi connectivity index (χ0v) is 16.6. The highest BCUT2D eigenvalue weighted by Crippen LogP contribution is 2.31. The Morgan fingerprint density at radius 1 is 1.10 bits per heavy atom. The van der Waals surface area contributed by atoms with Gasteiger partial charge in [0.2, 0.25) is 11.8 Å². The Hall–Kier alpha value is -2.58. The standard InChI is InChI=1S/C21H26N4O4/c1-22-11-14-6-2-3-10-24(14)12-13-5-4-7-15-18(13)21(29)25(20(15)28)16-8-9-17(26)23-19(16)27/h4-5,7,14,16,22H,2-3,6,8-12H2,1H3,(H,23,26,27)/t14-,16?/m0/s1. The molecule has 1 aromatic carbocycles. The molecule has 3 aliphatic rings. The van der Waals surface area contributed by atoms with Crippen LogP contribution in [0.3, 0.4) is 0 Å². The molecular weight excluding hydrogens is 372 g/mol. The van der Waals surface area contributed by atoms with E-state index in [-0.39, 0.29) is 18.7 Å². The summed E-state index contributed by atoms with van der Waals surface area (Å²) < 4.78 is 0. The molecule has 4 rings (SSSR count). The minimum Gasteiger partial charge on any atom is -0.318 e. The number of hydrogen-bond acceptors (Lipinski definition) is 6. The van der Waals surface area contributed by atoms with E-state index in [1.54, 1.807) is 12.1 Å². The summed E-state index contributed by atoms with van der Waals surface area (Å²) in [6.45, 7) is 2.43. The molecule has 0 spiro atoms. The fourth-order valence-corrected chi connectivity index (χ4v) is 4.67. The summed E-state index contributed by atoms with van der Waals surface area (Å²) in [7, 11) is 1.94. The second kappa shape index (κ2) is 8.04. The molecule has 0 aromatic heterocycles. The smallest absolute Gasteiger partial charge is 0.262 e. The van der Waals surface area contributed by atoms with Crippen molar-refractivity contribution < 1.29 is 19.2 Å². The van der Waals surface area contributed by atoms with Gasteiger partial charge in [-0.25, -0.2) is 0 Å². The van der Waals surface area contributed by atoms with E-state index in [1.165, 1.54) is 6.42 Å². The van der Waals surface area contributed by atoms with Gasteiger partial charge in [0.05, 0.1) is 11.1 Å². The van der Waals surface area contributed by atoms with E-state index in [1.807, 2.05) is 13.1 Å². The lowest BCUT2D eigenvalue weighted by Gasteiger charge is -2.36. The molecule has 29 heavy (non-hydrogen) atoms. The molecule has 2 N–H and O–H groups in total. The van der Waals surface area contributed by atoms with E-state index >= 15 is 0 Å². The Labute approximate surface area is 169 Å². The molecule has 4 amide bonds. The maximum absolute atomic E-state index is 13.2. The van der Waals surface area contributed by atoms with Gasteiger partial charge in [0, 0.05) is 25.6 Å². The average molecular weight is 398 g/mol. The van der Waals surface area contributed by atoms with E-state index in [2.05, 4.69) is 15.5 Å². The molecule has 3 heterocycles. The highest BCUT2D eigenvalue weighted by molar-refractivity contribution is 6.24. The van der Waals surface area contributed by atoms with Gasteiger partial charge in [-0.15, -0.1) is 0 Å². The van der Waals surface area contributed by atoms with Crippen LogP contribution in [-0.4, -0.2) is 65.6 Å². The van der Waals surface area contributed by atoms with Crippen molar-refractivity contribution in [1.82, 2.24) is 20.4 Å². The molecule has 154 valence electrons. The molecule has 0 aliphatic carbocycles. The Kier molecular flexibility index (Phi) is 5.47. The lowest BCUT2D eigenvalue weighted by atomic mass is 9.98. The predicted octanol–water partition coefficient (Wildman–Crippen LogP) is 0.662. The largest absolute Gasteiger partial charge is 0.318 e.